The number of hydrogen-bond donors (Lipinski definition) is 2. The molecule has 0 spiro atoms. The molecule has 1 aromatic rings. The number of amides is 1. The van der Waals surface area contributed by atoms with E-state index in [1.54, 1.807) is 26.8 Å². The highest BCUT2D eigenvalue weighted by atomic mass is 16.6. The summed E-state index contributed by atoms with van der Waals surface area (Å²) < 4.78 is 15.4. The van der Waals surface area contributed by atoms with E-state index in [2.05, 4.69) is 5.32 Å². The molecule has 2 N–H and O–H groups in total. The van der Waals surface area contributed by atoms with Gasteiger partial charge in [-0.15, -0.1) is 0 Å². The summed E-state index contributed by atoms with van der Waals surface area (Å²) in [6.07, 6.45) is 0.392. The lowest BCUT2D eigenvalue weighted by Crippen LogP contribution is -2.27. The number of nitrogens with one attached hydrogen (secondary N) is 1. The normalized spacial score (nSPS) is 13.2. The third-order valence-corrected chi connectivity index (χ3v) is 2.31. The van der Waals surface area contributed by atoms with E-state index in [-0.39, 0.29) is 11.5 Å². The fraction of sp³-hybridized carbons (Fsp3) is 0.286. The maximum Gasteiger partial charge on any atom is 0.412 e. The van der Waals surface area contributed by atoms with Gasteiger partial charge < -0.3 is 19.3 Å². The van der Waals surface area contributed by atoms with Gasteiger partial charge in [-0.1, -0.05) is 0 Å². The van der Waals surface area contributed by atoms with Gasteiger partial charge in [0, 0.05) is 11.8 Å². The van der Waals surface area contributed by atoms with Crippen LogP contribution in [0.2, 0.25) is 0 Å². The summed E-state index contributed by atoms with van der Waals surface area (Å²) in [6.45, 7) is 5.28. The van der Waals surface area contributed by atoms with Crippen molar-refractivity contribution in [3.63, 3.8) is 0 Å². The van der Waals surface area contributed by atoms with E-state index < -0.39 is 17.7 Å². The highest BCUT2D eigenvalue weighted by Gasteiger charge is 2.21. The van der Waals surface area contributed by atoms with Crippen LogP contribution in [0.1, 0.15) is 20.8 Å². The molecular weight excluding hydrogens is 278 g/mol. The minimum Gasteiger partial charge on any atom is -0.475 e. The van der Waals surface area contributed by atoms with Crippen molar-refractivity contribution < 1.29 is 28.9 Å². The average molecular weight is 293 g/mol. The second kappa shape index (κ2) is 5.35. The Morgan fingerprint density at radius 2 is 1.95 bits per heavy atom. The molecule has 21 heavy (non-hydrogen) atoms. The molecule has 1 aromatic carbocycles. The summed E-state index contributed by atoms with van der Waals surface area (Å²) in [5.41, 5.74) is -0.157. The highest BCUT2D eigenvalue weighted by Crippen LogP contribution is 2.35. The Bertz CT molecular complexity index is 614. The highest BCUT2D eigenvalue weighted by molar-refractivity contribution is 5.87. The van der Waals surface area contributed by atoms with E-state index in [0.29, 0.717) is 11.4 Å². The predicted molar refractivity (Wildman–Crippen MR) is 73.3 cm³/mol. The minimum absolute atomic E-state index is 0.254. The number of ether oxygens (including phenoxy) is 3. The maximum atomic E-state index is 11.6. The fourth-order valence-electron chi connectivity index (χ4n) is 1.54. The van der Waals surface area contributed by atoms with Crippen molar-refractivity contribution in [1.82, 2.24) is 0 Å². The minimum atomic E-state index is -1.23. The van der Waals surface area contributed by atoms with Gasteiger partial charge in [-0.05, 0) is 32.9 Å². The van der Waals surface area contributed by atoms with E-state index in [9.17, 15) is 9.59 Å². The molecule has 7 heteroatoms. The van der Waals surface area contributed by atoms with E-state index >= 15 is 0 Å². The van der Waals surface area contributed by atoms with Gasteiger partial charge in [0.2, 0.25) is 5.76 Å². The number of rotatable bonds is 2. The Kier molecular flexibility index (Phi) is 3.75. The Morgan fingerprint density at radius 1 is 1.24 bits per heavy atom. The number of carbonyl (C=O) groups excluding carboxylic acids is 1. The van der Waals surface area contributed by atoms with E-state index in [1.807, 2.05) is 0 Å². The predicted octanol–water partition coefficient (Wildman–Crippen LogP) is 2.73. The van der Waals surface area contributed by atoms with Crippen LogP contribution in [0.15, 0.2) is 30.2 Å². The molecule has 0 bridgehead atoms. The Balaban J connectivity index is 2.08. The van der Waals surface area contributed by atoms with Gasteiger partial charge in [0.05, 0.1) is 0 Å². The van der Waals surface area contributed by atoms with Gasteiger partial charge >= 0.3 is 12.1 Å². The molecule has 1 aliphatic rings. The fourth-order valence-corrected chi connectivity index (χ4v) is 1.54. The first-order valence-electron chi connectivity index (χ1n) is 6.16. The molecule has 1 aliphatic heterocycles. The van der Waals surface area contributed by atoms with Gasteiger partial charge in [-0.3, -0.25) is 5.32 Å². The summed E-state index contributed by atoms with van der Waals surface area (Å²) in [4.78, 5) is 22.4. The topological polar surface area (TPSA) is 94.1 Å². The Labute approximate surface area is 121 Å². The number of anilines is 1. The second-order valence-electron chi connectivity index (χ2n) is 5.30. The number of carbonyl (C=O) groups is 2. The molecular formula is C14H15NO6. The SMILES string of the molecule is CC(C)(C)OC(=O)Nc1ccc2c(c1)OC=C(C(=O)O)O2. The van der Waals surface area contributed by atoms with Crippen LogP contribution in [0, 0.1) is 0 Å². The van der Waals surface area contributed by atoms with Crippen LogP contribution in [0.3, 0.4) is 0 Å². The van der Waals surface area contributed by atoms with Gasteiger partial charge in [-0.25, -0.2) is 9.59 Å². The molecule has 7 nitrogen and oxygen atoms in total. The Morgan fingerprint density at radius 3 is 2.57 bits per heavy atom. The summed E-state index contributed by atoms with van der Waals surface area (Å²) in [5.74, 6) is -0.981. The summed E-state index contributed by atoms with van der Waals surface area (Å²) in [5, 5.41) is 11.3. The molecule has 0 atom stereocenters. The van der Waals surface area contributed by atoms with Crippen molar-refractivity contribution in [2.45, 2.75) is 26.4 Å². The summed E-state index contributed by atoms with van der Waals surface area (Å²) in [7, 11) is 0. The van der Waals surface area contributed by atoms with Crippen molar-refractivity contribution in [2.75, 3.05) is 5.32 Å². The van der Waals surface area contributed by atoms with Crippen molar-refractivity contribution >= 4 is 17.7 Å². The molecule has 0 aromatic heterocycles. The first-order valence-corrected chi connectivity index (χ1v) is 6.16. The molecule has 0 radical (unpaired) electrons. The smallest absolute Gasteiger partial charge is 0.412 e. The van der Waals surface area contributed by atoms with Gasteiger partial charge in [-0.2, -0.15) is 0 Å². The lowest BCUT2D eigenvalue weighted by molar-refractivity contribution is -0.135. The van der Waals surface area contributed by atoms with Crippen molar-refractivity contribution in [3.05, 3.63) is 30.2 Å². The van der Waals surface area contributed by atoms with Gasteiger partial charge in [0.25, 0.3) is 0 Å². The maximum absolute atomic E-state index is 11.6. The van der Waals surface area contributed by atoms with Crippen LogP contribution < -0.4 is 14.8 Å². The van der Waals surface area contributed by atoms with Crippen molar-refractivity contribution in [2.24, 2.45) is 0 Å². The zero-order valence-corrected chi connectivity index (χ0v) is 11.8. The zero-order valence-electron chi connectivity index (χ0n) is 11.8. The number of fused-ring (bicyclic) bond motifs is 1. The number of hydrogen-bond acceptors (Lipinski definition) is 5. The van der Waals surface area contributed by atoms with Crippen molar-refractivity contribution in [1.29, 1.82) is 0 Å². The molecule has 1 amide bonds. The third-order valence-electron chi connectivity index (χ3n) is 2.31. The number of carboxylic acids is 1. The number of benzene rings is 1. The van der Waals surface area contributed by atoms with Crippen LogP contribution in [0.25, 0.3) is 0 Å². The van der Waals surface area contributed by atoms with Crippen LogP contribution in [0.4, 0.5) is 10.5 Å². The molecule has 1 heterocycles. The number of aliphatic carboxylic acids is 1. The molecule has 2 rings (SSSR count). The lowest BCUT2D eigenvalue weighted by atomic mass is 10.2. The molecule has 112 valence electrons. The van der Waals surface area contributed by atoms with E-state index in [0.717, 1.165) is 6.26 Å². The third kappa shape index (κ3) is 3.88. The van der Waals surface area contributed by atoms with Crippen LogP contribution in [0.5, 0.6) is 11.5 Å². The summed E-state index contributed by atoms with van der Waals surface area (Å²) >= 11 is 0. The summed E-state index contributed by atoms with van der Waals surface area (Å²) in [6, 6.07) is 4.56. The van der Waals surface area contributed by atoms with Gasteiger partial charge in [0.15, 0.2) is 11.5 Å². The van der Waals surface area contributed by atoms with Gasteiger partial charge in [0.1, 0.15) is 11.9 Å². The monoisotopic (exact) mass is 293 g/mol. The molecule has 0 saturated heterocycles. The zero-order chi connectivity index (χ0) is 15.6. The molecule has 0 unspecified atom stereocenters. The second-order valence-corrected chi connectivity index (χ2v) is 5.30. The van der Waals surface area contributed by atoms with E-state index in [1.165, 1.54) is 12.1 Å². The Hall–Kier alpha value is -2.70. The van der Waals surface area contributed by atoms with Crippen molar-refractivity contribution in [3.8, 4) is 11.5 Å². The average Bonchev–Trinajstić information content (AvgIpc) is 2.35. The number of carboxylic acid groups (broad SMARTS) is 1. The van der Waals surface area contributed by atoms with Crippen LogP contribution in [-0.2, 0) is 9.53 Å². The van der Waals surface area contributed by atoms with E-state index in [4.69, 9.17) is 19.3 Å². The largest absolute Gasteiger partial charge is 0.475 e. The first-order chi connectivity index (χ1) is 9.74. The lowest BCUT2D eigenvalue weighted by Gasteiger charge is -2.20. The van der Waals surface area contributed by atoms with Crippen LogP contribution in [-0.4, -0.2) is 22.8 Å². The first kappa shape index (κ1) is 14.7. The molecule has 0 fully saturated rings. The van der Waals surface area contributed by atoms with Crippen LogP contribution >= 0.6 is 0 Å². The molecule has 0 aliphatic carbocycles. The molecule has 0 saturated carbocycles. The quantitative estimate of drug-likeness (QED) is 0.870. The standard InChI is InChI=1S/C14H15NO6/c1-14(2,3)21-13(18)15-8-4-5-9-10(6-8)19-7-11(20-9)12(16)17/h4-7H,1-3H3,(H,15,18)(H,16,17).